The fraction of sp³-hybridized carbons (Fsp3) is 0.333. The minimum absolute atomic E-state index is 0.158. The van der Waals surface area contributed by atoms with E-state index in [0.717, 1.165) is 54.2 Å². The van der Waals surface area contributed by atoms with Gasteiger partial charge in [-0.2, -0.15) is 0 Å². The molecule has 41 heavy (non-hydrogen) atoms. The number of halogens is 1. The van der Waals surface area contributed by atoms with Crippen molar-refractivity contribution in [2.24, 2.45) is 0 Å². The number of carbonyl (C=O) groups is 1. The van der Waals surface area contributed by atoms with Gasteiger partial charge in [0, 0.05) is 24.7 Å². The fourth-order valence-corrected chi connectivity index (χ4v) is 6.63. The van der Waals surface area contributed by atoms with Crippen molar-refractivity contribution in [3.05, 3.63) is 84.2 Å². The van der Waals surface area contributed by atoms with E-state index in [1.807, 2.05) is 36.5 Å². The number of rotatable bonds is 12. The Morgan fingerprint density at radius 2 is 1.93 bits per heavy atom. The molecule has 4 N–H and O–H groups in total. The normalized spacial score (nSPS) is 14.4. The predicted octanol–water partition coefficient (Wildman–Crippen LogP) is 6.44. The van der Waals surface area contributed by atoms with E-state index in [4.69, 9.17) is 0 Å². The van der Waals surface area contributed by atoms with Crippen LogP contribution < -0.4 is 21.3 Å². The van der Waals surface area contributed by atoms with Crippen LogP contribution in [0.25, 0.3) is 0 Å². The molecular weight excluding hydrogens is 558 g/mol. The molecule has 4 heterocycles. The van der Waals surface area contributed by atoms with Crippen molar-refractivity contribution < 1.29 is 9.18 Å². The summed E-state index contributed by atoms with van der Waals surface area (Å²) in [6.45, 7) is 4.59. The van der Waals surface area contributed by atoms with Crippen LogP contribution in [0.4, 0.5) is 21.0 Å². The first-order chi connectivity index (χ1) is 20.1. The first-order valence-corrected chi connectivity index (χ1v) is 15.5. The second-order valence-corrected chi connectivity index (χ2v) is 12.3. The monoisotopic (exact) mass is 591 g/mol. The summed E-state index contributed by atoms with van der Waals surface area (Å²) in [6, 6.07) is 16.0. The summed E-state index contributed by atoms with van der Waals surface area (Å²) >= 11 is 2.60. The zero-order valence-electron chi connectivity index (χ0n) is 22.9. The van der Waals surface area contributed by atoms with Gasteiger partial charge in [0.05, 0.1) is 27.2 Å². The van der Waals surface area contributed by atoms with Gasteiger partial charge in [-0.25, -0.2) is 19.3 Å². The molecule has 1 amide bonds. The molecule has 1 aromatic carbocycles. The second-order valence-electron chi connectivity index (χ2n) is 9.89. The number of nitrogens with one attached hydrogen (secondary N) is 4. The maximum absolute atomic E-state index is 15.4. The van der Waals surface area contributed by atoms with Crippen molar-refractivity contribution in [2.75, 3.05) is 30.3 Å². The minimum atomic E-state index is -0.636. The second kappa shape index (κ2) is 14.4. The molecule has 8 nitrogen and oxygen atoms in total. The molecule has 0 spiro atoms. The van der Waals surface area contributed by atoms with Crippen LogP contribution >= 0.6 is 23.1 Å². The van der Waals surface area contributed by atoms with Crippen LogP contribution in [0.5, 0.6) is 0 Å². The Balaban J connectivity index is 1.17. The summed E-state index contributed by atoms with van der Waals surface area (Å²) in [4.78, 5) is 26.2. The van der Waals surface area contributed by atoms with Crippen LogP contribution in [-0.2, 0) is 0 Å². The van der Waals surface area contributed by atoms with Crippen molar-refractivity contribution in [3.63, 3.8) is 0 Å². The first-order valence-electron chi connectivity index (χ1n) is 13.9. The quantitative estimate of drug-likeness (QED) is 0.149. The molecule has 1 aliphatic heterocycles. The molecule has 0 radical (unpaired) electrons. The van der Waals surface area contributed by atoms with E-state index < -0.39 is 11.7 Å². The number of nitrogens with zero attached hydrogens (tertiary/aromatic N) is 3. The minimum Gasteiger partial charge on any atom is -0.381 e. The third kappa shape index (κ3) is 8.02. The van der Waals surface area contributed by atoms with E-state index in [-0.39, 0.29) is 11.6 Å². The van der Waals surface area contributed by atoms with Crippen LogP contribution in [0.15, 0.2) is 76.2 Å². The highest BCUT2D eigenvalue weighted by Crippen LogP contribution is 2.36. The summed E-state index contributed by atoms with van der Waals surface area (Å²) in [5.74, 6) is -0.316. The average Bonchev–Trinajstić information content (AvgIpc) is 3.44. The molecule has 1 unspecified atom stereocenters. The molecule has 4 aromatic rings. The Kier molecular flexibility index (Phi) is 10.2. The molecule has 11 heteroatoms. The average molecular weight is 592 g/mol. The molecule has 0 saturated carbocycles. The van der Waals surface area contributed by atoms with Crippen LogP contribution in [0, 0.1) is 5.82 Å². The number of pyridine rings is 2. The Morgan fingerprint density at radius 1 is 1.10 bits per heavy atom. The molecule has 0 aliphatic carbocycles. The third-order valence-electron chi connectivity index (χ3n) is 6.89. The number of aromatic nitrogens is 3. The number of thiazole rings is 1. The van der Waals surface area contributed by atoms with E-state index in [1.165, 1.54) is 29.3 Å². The highest BCUT2D eigenvalue weighted by molar-refractivity contribution is 8.01. The highest BCUT2D eigenvalue weighted by Gasteiger charge is 2.20. The Morgan fingerprint density at radius 3 is 2.68 bits per heavy atom. The molecule has 1 saturated heterocycles. The molecule has 1 atom stereocenters. The topological polar surface area (TPSA) is 104 Å². The first kappa shape index (κ1) is 29.0. The fourth-order valence-electron chi connectivity index (χ4n) is 4.76. The number of benzene rings is 1. The van der Waals surface area contributed by atoms with E-state index in [2.05, 4.69) is 55.3 Å². The summed E-state index contributed by atoms with van der Waals surface area (Å²) in [6.07, 6.45) is 9.06. The van der Waals surface area contributed by atoms with Gasteiger partial charge in [-0.3, -0.25) is 4.79 Å². The number of amides is 1. The van der Waals surface area contributed by atoms with E-state index >= 15 is 4.39 Å². The number of hydrogen-bond acceptors (Lipinski definition) is 9. The molecule has 214 valence electrons. The molecule has 1 fully saturated rings. The predicted molar refractivity (Wildman–Crippen MR) is 164 cm³/mol. The summed E-state index contributed by atoms with van der Waals surface area (Å²) in [5, 5.41) is 13.6. The van der Waals surface area contributed by atoms with Gasteiger partial charge < -0.3 is 21.3 Å². The Bertz CT molecular complexity index is 1410. The standard InChI is InChI=1S/C30H34FN7OS2/c1-2-6-21(20-7-4-3-5-8-20)17-35-29(39)28-27(31)24(13-16-33-28)40-26-19-36-30(41-26)38-25-10-9-23(18-34-25)37-22-11-14-32-15-12-22/h3-5,7-10,13,16,18-19,21-22,32,37H,2,6,11-12,14-15,17H2,1H3,(H,35,39)(H,34,36,38). The maximum Gasteiger partial charge on any atom is 0.272 e. The van der Waals surface area contributed by atoms with Crippen molar-refractivity contribution in [1.82, 2.24) is 25.6 Å². The lowest BCUT2D eigenvalue weighted by molar-refractivity contribution is 0.0940. The summed E-state index contributed by atoms with van der Waals surface area (Å²) in [7, 11) is 0. The van der Waals surface area contributed by atoms with Gasteiger partial charge in [-0.05, 0) is 56.1 Å². The number of anilines is 3. The SMILES string of the molecule is CCCC(CNC(=O)c1nccc(Sc2cnc(Nc3ccc(NC4CCNCC4)cn3)s2)c1F)c1ccccc1. The maximum atomic E-state index is 15.4. The number of hydrogen-bond donors (Lipinski definition) is 4. The van der Waals surface area contributed by atoms with E-state index in [9.17, 15) is 4.79 Å². The largest absolute Gasteiger partial charge is 0.381 e. The van der Waals surface area contributed by atoms with Gasteiger partial charge in [-0.15, -0.1) is 0 Å². The van der Waals surface area contributed by atoms with Crippen molar-refractivity contribution in [2.45, 2.75) is 53.7 Å². The zero-order chi connectivity index (χ0) is 28.4. The lowest BCUT2D eigenvalue weighted by atomic mass is 9.94. The third-order valence-corrected chi connectivity index (χ3v) is 8.94. The molecule has 5 rings (SSSR count). The van der Waals surface area contributed by atoms with Crippen LogP contribution in [0.3, 0.4) is 0 Å². The van der Waals surface area contributed by atoms with Crippen molar-refractivity contribution in [3.8, 4) is 0 Å². The highest BCUT2D eigenvalue weighted by atomic mass is 32.2. The van der Waals surface area contributed by atoms with Crippen LogP contribution in [0.2, 0.25) is 0 Å². The Hall–Kier alpha value is -3.54. The zero-order valence-corrected chi connectivity index (χ0v) is 24.5. The van der Waals surface area contributed by atoms with Crippen LogP contribution in [0.1, 0.15) is 54.6 Å². The van der Waals surface area contributed by atoms with Gasteiger partial charge in [0.2, 0.25) is 0 Å². The number of piperidine rings is 1. The van der Waals surface area contributed by atoms with E-state index in [1.54, 1.807) is 12.3 Å². The molecule has 1 aliphatic rings. The van der Waals surface area contributed by atoms with Crippen LogP contribution in [-0.4, -0.2) is 46.5 Å². The smallest absolute Gasteiger partial charge is 0.272 e. The summed E-state index contributed by atoms with van der Waals surface area (Å²) in [5.41, 5.74) is 1.94. The van der Waals surface area contributed by atoms with Gasteiger partial charge in [0.1, 0.15) is 5.82 Å². The lowest BCUT2D eigenvalue weighted by Crippen LogP contribution is -2.35. The Labute approximate surface area is 248 Å². The summed E-state index contributed by atoms with van der Waals surface area (Å²) < 4.78 is 16.1. The van der Waals surface area contributed by atoms with Gasteiger partial charge in [-0.1, -0.05) is 66.8 Å². The van der Waals surface area contributed by atoms with Crippen molar-refractivity contribution in [1.29, 1.82) is 0 Å². The van der Waals surface area contributed by atoms with Gasteiger partial charge in [0.25, 0.3) is 5.91 Å². The van der Waals surface area contributed by atoms with E-state index in [0.29, 0.717) is 28.4 Å². The van der Waals surface area contributed by atoms with Gasteiger partial charge in [0.15, 0.2) is 16.6 Å². The molecule has 0 bridgehead atoms. The van der Waals surface area contributed by atoms with Gasteiger partial charge >= 0.3 is 0 Å². The number of carbonyl (C=O) groups excluding carboxylic acids is 1. The molecule has 3 aromatic heterocycles. The van der Waals surface area contributed by atoms with Crippen molar-refractivity contribution >= 4 is 45.6 Å². The molecular formula is C30H34FN7OS2. The lowest BCUT2D eigenvalue weighted by Gasteiger charge is -2.24.